The highest BCUT2D eigenvalue weighted by Crippen LogP contribution is 2.33. The first-order valence-electron chi connectivity index (χ1n) is 5.29. The Morgan fingerprint density at radius 2 is 1.25 bits per heavy atom. The van der Waals surface area contributed by atoms with Gasteiger partial charge in [-0.05, 0) is 11.6 Å². The van der Waals surface area contributed by atoms with Crippen LogP contribution < -0.4 is 0 Å². The van der Waals surface area contributed by atoms with E-state index >= 15 is 0 Å². The van der Waals surface area contributed by atoms with Gasteiger partial charge in [-0.2, -0.15) is 0 Å². The molecule has 0 amide bonds. The second-order valence-electron chi connectivity index (χ2n) is 3.92. The number of benzene rings is 2. The summed E-state index contributed by atoms with van der Waals surface area (Å²) < 4.78 is 79.7. The molecule has 1 nitrogen and oxygen atoms in total. The molecule has 2 aromatic carbocycles. The average molecular weight is 292 g/mol. The van der Waals surface area contributed by atoms with Crippen LogP contribution in [0, 0.1) is 34.9 Å². The zero-order valence-electron chi connectivity index (χ0n) is 9.65. The third-order valence-electron chi connectivity index (χ3n) is 2.70. The molecule has 20 heavy (non-hydrogen) atoms. The highest BCUT2D eigenvalue weighted by atomic mass is 19.2. The smallest absolute Gasteiger partial charge is 0.200 e. The van der Waals surface area contributed by atoms with Gasteiger partial charge < -0.3 is 5.11 Å². The fourth-order valence-electron chi connectivity index (χ4n) is 1.70. The lowest BCUT2D eigenvalue weighted by atomic mass is 10.0. The first-order valence-corrected chi connectivity index (χ1v) is 5.29. The predicted octanol–water partition coefficient (Wildman–Crippen LogP) is 3.68. The van der Waals surface area contributed by atoms with Gasteiger partial charge in [-0.1, -0.05) is 12.1 Å². The zero-order chi connectivity index (χ0) is 15.0. The molecule has 0 spiro atoms. The molecule has 0 aliphatic heterocycles. The molecule has 7 heteroatoms. The molecule has 0 heterocycles. The number of hydrogen-bond donors (Lipinski definition) is 1. The maximum atomic E-state index is 13.7. The fraction of sp³-hybridized carbons (Fsp3) is 0.0769. The quantitative estimate of drug-likeness (QED) is 0.508. The molecule has 0 bridgehead atoms. The second-order valence-corrected chi connectivity index (χ2v) is 3.92. The van der Waals surface area contributed by atoms with E-state index in [0.29, 0.717) is 0 Å². The van der Waals surface area contributed by atoms with E-state index in [0.717, 1.165) is 18.2 Å². The molecule has 0 radical (unpaired) electrons. The molecule has 2 rings (SSSR count). The zero-order valence-corrected chi connectivity index (χ0v) is 9.65. The Bertz CT molecular complexity index is 654. The molecule has 1 N–H and O–H groups in total. The van der Waals surface area contributed by atoms with Gasteiger partial charge >= 0.3 is 0 Å². The summed E-state index contributed by atoms with van der Waals surface area (Å²) in [5.41, 5.74) is -2.03. The maximum Gasteiger partial charge on any atom is 0.200 e. The summed E-state index contributed by atoms with van der Waals surface area (Å²) in [6.45, 7) is -0.533. The van der Waals surface area contributed by atoms with Crippen molar-refractivity contribution in [1.82, 2.24) is 0 Å². The molecule has 0 fully saturated rings. The highest BCUT2D eigenvalue weighted by Gasteiger charge is 2.27. The Kier molecular flexibility index (Phi) is 3.71. The minimum absolute atomic E-state index is 0.0927. The molecule has 0 aromatic heterocycles. The fourth-order valence-corrected chi connectivity index (χ4v) is 1.70. The van der Waals surface area contributed by atoms with E-state index in [4.69, 9.17) is 5.11 Å². The van der Waals surface area contributed by atoms with Crippen molar-refractivity contribution in [3.05, 3.63) is 58.7 Å². The van der Waals surface area contributed by atoms with Gasteiger partial charge in [-0.15, -0.1) is 0 Å². The van der Waals surface area contributed by atoms with E-state index in [1.165, 1.54) is 0 Å². The Balaban J connectivity index is 2.76. The van der Waals surface area contributed by atoms with Gasteiger partial charge in [0.2, 0.25) is 5.82 Å². The van der Waals surface area contributed by atoms with Gasteiger partial charge in [-0.25, -0.2) is 26.3 Å². The normalized spacial score (nSPS) is 10.9. The number of rotatable bonds is 2. The largest absolute Gasteiger partial charge is 0.392 e. The third-order valence-corrected chi connectivity index (χ3v) is 2.70. The number of aliphatic hydroxyl groups excluding tert-OH is 1. The molecule has 0 unspecified atom stereocenters. The average Bonchev–Trinajstić information content (AvgIpc) is 2.44. The predicted molar refractivity (Wildman–Crippen MR) is 57.5 cm³/mol. The molecule has 0 saturated carbocycles. The molecule has 0 aliphatic carbocycles. The van der Waals surface area contributed by atoms with Crippen LogP contribution in [-0.2, 0) is 6.61 Å². The summed E-state index contributed by atoms with van der Waals surface area (Å²) in [7, 11) is 0. The van der Waals surface area contributed by atoms with Gasteiger partial charge in [0.05, 0.1) is 12.2 Å². The van der Waals surface area contributed by atoms with E-state index in [1.807, 2.05) is 0 Å². The third kappa shape index (κ3) is 2.14. The summed E-state index contributed by atoms with van der Waals surface area (Å²) in [4.78, 5) is 0. The SMILES string of the molecule is OCc1ccc(-c2c(F)c(F)c(F)c(F)c2F)c(F)c1. The lowest BCUT2D eigenvalue weighted by molar-refractivity contribution is 0.281. The van der Waals surface area contributed by atoms with Gasteiger partial charge in [0.25, 0.3) is 0 Å². The van der Waals surface area contributed by atoms with Crippen molar-refractivity contribution in [1.29, 1.82) is 0 Å². The van der Waals surface area contributed by atoms with Crippen molar-refractivity contribution in [2.24, 2.45) is 0 Å². The summed E-state index contributed by atoms with van der Waals surface area (Å²) in [5, 5.41) is 8.77. The molecule has 0 saturated heterocycles. The van der Waals surface area contributed by atoms with Crippen LogP contribution >= 0.6 is 0 Å². The summed E-state index contributed by atoms with van der Waals surface area (Å²) in [6.07, 6.45) is 0. The first kappa shape index (κ1) is 14.4. The topological polar surface area (TPSA) is 20.2 Å². The summed E-state index contributed by atoms with van der Waals surface area (Å²) in [6, 6.07) is 2.68. The van der Waals surface area contributed by atoms with Gasteiger partial charge in [0, 0.05) is 5.56 Å². The molecular weight excluding hydrogens is 286 g/mol. The van der Waals surface area contributed by atoms with Crippen molar-refractivity contribution in [3.8, 4) is 11.1 Å². The molecule has 0 atom stereocenters. The van der Waals surface area contributed by atoms with Crippen molar-refractivity contribution in [2.75, 3.05) is 0 Å². The summed E-state index contributed by atoms with van der Waals surface area (Å²) in [5.74, 6) is -12.0. The van der Waals surface area contributed by atoms with Crippen molar-refractivity contribution in [3.63, 3.8) is 0 Å². The van der Waals surface area contributed by atoms with E-state index < -0.39 is 52.6 Å². The van der Waals surface area contributed by atoms with Crippen LogP contribution in [-0.4, -0.2) is 5.11 Å². The number of halogens is 6. The lowest BCUT2D eigenvalue weighted by Crippen LogP contribution is -2.05. The molecule has 106 valence electrons. The molecule has 2 aromatic rings. The molecular formula is C13H6F6O. The van der Waals surface area contributed by atoms with Crippen molar-refractivity contribution >= 4 is 0 Å². The van der Waals surface area contributed by atoms with Crippen LogP contribution in [0.25, 0.3) is 11.1 Å². The first-order chi connectivity index (χ1) is 9.38. The molecule has 0 aliphatic rings. The van der Waals surface area contributed by atoms with E-state index in [9.17, 15) is 26.3 Å². The second kappa shape index (κ2) is 5.16. The van der Waals surface area contributed by atoms with Gasteiger partial charge in [0.1, 0.15) is 5.82 Å². The van der Waals surface area contributed by atoms with Crippen LogP contribution in [0.3, 0.4) is 0 Å². The van der Waals surface area contributed by atoms with Crippen LogP contribution in [0.4, 0.5) is 26.3 Å². The van der Waals surface area contributed by atoms with Crippen LogP contribution in [0.15, 0.2) is 18.2 Å². The Labute approximate surface area is 109 Å². The van der Waals surface area contributed by atoms with Crippen molar-refractivity contribution in [2.45, 2.75) is 6.61 Å². The van der Waals surface area contributed by atoms with Gasteiger partial charge in [0.15, 0.2) is 23.3 Å². The Hall–Kier alpha value is -2.02. The monoisotopic (exact) mass is 292 g/mol. The number of hydrogen-bond acceptors (Lipinski definition) is 1. The minimum Gasteiger partial charge on any atom is -0.392 e. The lowest BCUT2D eigenvalue weighted by Gasteiger charge is -2.10. The van der Waals surface area contributed by atoms with E-state index in [-0.39, 0.29) is 5.56 Å². The Morgan fingerprint density at radius 3 is 1.70 bits per heavy atom. The highest BCUT2D eigenvalue weighted by molar-refractivity contribution is 5.66. The van der Waals surface area contributed by atoms with Crippen LogP contribution in [0.2, 0.25) is 0 Å². The van der Waals surface area contributed by atoms with Crippen LogP contribution in [0.1, 0.15) is 5.56 Å². The Morgan fingerprint density at radius 1 is 0.750 bits per heavy atom. The minimum atomic E-state index is -2.31. The number of aliphatic hydroxyl groups is 1. The van der Waals surface area contributed by atoms with Crippen LogP contribution in [0.5, 0.6) is 0 Å². The van der Waals surface area contributed by atoms with E-state index in [2.05, 4.69) is 0 Å². The van der Waals surface area contributed by atoms with Gasteiger partial charge in [-0.3, -0.25) is 0 Å². The van der Waals surface area contributed by atoms with Crippen molar-refractivity contribution < 1.29 is 31.4 Å². The standard InChI is InChI=1S/C13H6F6O/c14-7-3-5(4-20)1-2-6(7)8-9(15)11(17)13(19)12(18)10(8)16/h1-3,20H,4H2. The maximum absolute atomic E-state index is 13.7. The summed E-state index contributed by atoms with van der Waals surface area (Å²) >= 11 is 0. The van der Waals surface area contributed by atoms with E-state index in [1.54, 1.807) is 0 Å².